The lowest BCUT2D eigenvalue weighted by Crippen LogP contribution is -2.36. The molecule has 0 saturated heterocycles. The first-order valence-electron chi connectivity index (χ1n) is 11.8. The Morgan fingerprint density at radius 2 is 1.85 bits per heavy atom. The first kappa shape index (κ1) is 24.0. The van der Waals surface area contributed by atoms with E-state index in [2.05, 4.69) is 22.0 Å². The van der Waals surface area contributed by atoms with E-state index in [0.29, 0.717) is 23.0 Å². The van der Waals surface area contributed by atoms with Crippen LogP contribution in [-0.2, 0) is 0 Å². The van der Waals surface area contributed by atoms with Crippen molar-refractivity contribution in [1.82, 2.24) is 15.3 Å². The van der Waals surface area contributed by atoms with E-state index in [4.69, 9.17) is 26.9 Å². The zero-order chi connectivity index (χ0) is 24.1. The number of benzene rings is 2. The molecule has 1 fully saturated rings. The number of ether oxygens (including phenoxy) is 1. The highest BCUT2D eigenvalue weighted by Crippen LogP contribution is 2.28. The maximum Gasteiger partial charge on any atom is 0.225 e. The number of aromatic nitrogens is 2. The van der Waals surface area contributed by atoms with Gasteiger partial charge in [0.1, 0.15) is 11.6 Å². The highest BCUT2D eigenvalue weighted by Gasteiger charge is 2.22. The Bertz CT molecular complexity index is 1140. The maximum absolute atomic E-state index is 5.52. The molecule has 0 bridgehead atoms. The molecular weight excluding hydrogens is 444 g/mol. The van der Waals surface area contributed by atoms with Crippen LogP contribution in [0.2, 0.25) is 0 Å². The molecule has 0 unspecified atom stereocenters. The number of nitrogens with zero attached hydrogens (tertiary/aromatic N) is 3. The van der Waals surface area contributed by atoms with E-state index < -0.39 is 0 Å². The maximum atomic E-state index is 5.52. The highest BCUT2D eigenvalue weighted by molar-refractivity contribution is 7.80. The molecule has 1 heterocycles. The van der Waals surface area contributed by atoms with Crippen LogP contribution in [0.25, 0.3) is 10.9 Å². The molecule has 2 aromatic carbocycles. The van der Waals surface area contributed by atoms with E-state index in [1.165, 1.54) is 0 Å². The summed E-state index contributed by atoms with van der Waals surface area (Å²) < 4.78 is 5.27. The molecule has 0 aliphatic heterocycles. The van der Waals surface area contributed by atoms with Crippen molar-refractivity contribution in [3.05, 3.63) is 48.0 Å². The van der Waals surface area contributed by atoms with Crippen LogP contribution in [0.4, 0.5) is 17.5 Å². The van der Waals surface area contributed by atoms with Gasteiger partial charge in [0.15, 0.2) is 5.11 Å². The summed E-state index contributed by atoms with van der Waals surface area (Å²) in [7, 11) is 5.71. The summed E-state index contributed by atoms with van der Waals surface area (Å²) in [6.07, 6.45) is 4.47. The standard InChI is InChI=1S/C26H34N6OS/c1-17-15-20(33-4)13-14-22(17)30-26(34)27-16-18-9-11-19(12-10-18)28-25-29-23-8-6-5-7-21(23)24(31-25)32(2)3/h5-8,13-15,18-19H,9-12,16H2,1-4H3,(H2,27,30,34)(H,28,29,31). The van der Waals surface area contributed by atoms with Crippen LogP contribution >= 0.6 is 12.2 Å². The van der Waals surface area contributed by atoms with Gasteiger partial charge in [0, 0.05) is 37.8 Å². The number of methoxy groups -OCH3 is 1. The molecule has 3 aromatic rings. The lowest BCUT2D eigenvalue weighted by Gasteiger charge is -2.30. The lowest BCUT2D eigenvalue weighted by atomic mass is 9.86. The molecule has 1 aliphatic rings. The highest BCUT2D eigenvalue weighted by atomic mass is 32.1. The fourth-order valence-electron chi connectivity index (χ4n) is 4.47. The molecule has 0 amide bonds. The largest absolute Gasteiger partial charge is 0.497 e. The zero-order valence-electron chi connectivity index (χ0n) is 20.4. The van der Waals surface area contributed by atoms with Crippen molar-refractivity contribution in [2.24, 2.45) is 5.92 Å². The van der Waals surface area contributed by atoms with Crippen molar-refractivity contribution in [2.45, 2.75) is 38.6 Å². The number of hydrogen-bond donors (Lipinski definition) is 3. The minimum absolute atomic E-state index is 0.388. The summed E-state index contributed by atoms with van der Waals surface area (Å²) in [5.41, 5.74) is 3.07. The Balaban J connectivity index is 1.26. The predicted molar refractivity (Wildman–Crippen MR) is 145 cm³/mol. The van der Waals surface area contributed by atoms with Gasteiger partial charge in [-0.05, 0) is 86.6 Å². The van der Waals surface area contributed by atoms with Gasteiger partial charge in [-0.25, -0.2) is 4.98 Å². The summed E-state index contributed by atoms with van der Waals surface area (Å²) >= 11 is 5.52. The second kappa shape index (κ2) is 10.9. The third-order valence-corrected chi connectivity index (χ3v) is 6.67. The Morgan fingerprint density at radius 3 is 2.56 bits per heavy atom. The zero-order valence-corrected chi connectivity index (χ0v) is 21.2. The fourth-order valence-corrected chi connectivity index (χ4v) is 4.66. The molecule has 7 nitrogen and oxygen atoms in total. The third kappa shape index (κ3) is 5.86. The van der Waals surface area contributed by atoms with Gasteiger partial charge in [-0.3, -0.25) is 0 Å². The monoisotopic (exact) mass is 478 g/mol. The average molecular weight is 479 g/mol. The summed E-state index contributed by atoms with van der Waals surface area (Å²) in [5.74, 6) is 3.10. The number of para-hydroxylation sites is 1. The molecule has 0 atom stereocenters. The van der Waals surface area contributed by atoms with Crippen molar-refractivity contribution in [1.29, 1.82) is 0 Å². The number of anilines is 3. The fraction of sp³-hybridized carbons (Fsp3) is 0.423. The van der Waals surface area contributed by atoms with Crippen molar-refractivity contribution in [3.63, 3.8) is 0 Å². The number of nitrogens with one attached hydrogen (secondary N) is 3. The molecule has 180 valence electrons. The van der Waals surface area contributed by atoms with Crippen LogP contribution in [0.15, 0.2) is 42.5 Å². The Morgan fingerprint density at radius 1 is 1.09 bits per heavy atom. The molecule has 0 radical (unpaired) electrons. The number of aryl methyl sites for hydroxylation is 1. The normalized spacial score (nSPS) is 17.8. The van der Waals surface area contributed by atoms with Gasteiger partial charge in [-0.1, -0.05) is 12.1 Å². The Kier molecular flexibility index (Phi) is 7.67. The van der Waals surface area contributed by atoms with Gasteiger partial charge in [-0.15, -0.1) is 0 Å². The van der Waals surface area contributed by atoms with Crippen molar-refractivity contribution in [2.75, 3.05) is 43.3 Å². The SMILES string of the molecule is COc1ccc(NC(=S)NCC2CCC(Nc3nc(N(C)C)c4ccccc4n3)CC2)c(C)c1. The Hall–Kier alpha value is -3.13. The van der Waals surface area contributed by atoms with Gasteiger partial charge in [0.25, 0.3) is 0 Å². The molecule has 1 aromatic heterocycles. The molecular formula is C26H34N6OS. The summed E-state index contributed by atoms with van der Waals surface area (Å²) in [5, 5.41) is 12.0. The van der Waals surface area contributed by atoms with E-state index in [9.17, 15) is 0 Å². The van der Waals surface area contributed by atoms with Gasteiger partial charge in [-0.2, -0.15) is 4.98 Å². The van der Waals surface area contributed by atoms with Crippen molar-refractivity contribution < 1.29 is 4.74 Å². The smallest absolute Gasteiger partial charge is 0.225 e. The average Bonchev–Trinajstić information content (AvgIpc) is 2.84. The van der Waals surface area contributed by atoms with Gasteiger partial charge < -0.3 is 25.6 Å². The van der Waals surface area contributed by atoms with Crippen LogP contribution < -0.4 is 25.6 Å². The summed E-state index contributed by atoms with van der Waals surface area (Å²) in [4.78, 5) is 11.6. The quantitative estimate of drug-likeness (QED) is 0.411. The van der Waals surface area contributed by atoms with Gasteiger partial charge in [0.2, 0.25) is 5.95 Å². The van der Waals surface area contributed by atoms with Crippen LogP contribution in [0, 0.1) is 12.8 Å². The van der Waals surface area contributed by atoms with Gasteiger partial charge in [0.05, 0.1) is 12.6 Å². The Labute approximate surface area is 207 Å². The van der Waals surface area contributed by atoms with Crippen LogP contribution in [0.3, 0.4) is 0 Å². The summed E-state index contributed by atoms with van der Waals surface area (Å²) in [6.45, 7) is 2.92. The van der Waals surface area contributed by atoms with E-state index >= 15 is 0 Å². The second-order valence-electron chi connectivity index (χ2n) is 9.16. The van der Waals surface area contributed by atoms with Crippen LogP contribution in [-0.4, -0.2) is 48.9 Å². The number of hydrogen-bond acceptors (Lipinski definition) is 6. The number of rotatable bonds is 7. The topological polar surface area (TPSA) is 74.3 Å². The molecule has 34 heavy (non-hydrogen) atoms. The molecule has 4 rings (SSSR count). The second-order valence-corrected chi connectivity index (χ2v) is 9.57. The van der Waals surface area contributed by atoms with Crippen molar-refractivity contribution in [3.8, 4) is 5.75 Å². The van der Waals surface area contributed by atoms with Crippen molar-refractivity contribution >= 4 is 45.7 Å². The number of fused-ring (bicyclic) bond motifs is 1. The van der Waals surface area contributed by atoms with Crippen LogP contribution in [0.5, 0.6) is 5.75 Å². The third-order valence-electron chi connectivity index (χ3n) is 6.42. The van der Waals surface area contributed by atoms with E-state index in [0.717, 1.165) is 65.9 Å². The van der Waals surface area contributed by atoms with Crippen LogP contribution in [0.1, 0.15) is 31.2 Å². The van der Waals surface area contributed by atoms with E-state index in [-0.39, 0.29) is 0 Å². The first-order valence-corrected chi connectivity index (χ1v) is 12.2. The first-order chi connectivity index (χ1) is 16.4. The molecule has 8 heteroatoms. The van der Waals surface area contributed by atoms with Gasteiger partial charge >= 0.3 is 0 Å². The molecule has 1 aliphatic carbocycles. The minimum Gasteiger partial charge on any atom is -0.497 e. The number of thiocarbonyl (C=S) groups is 1. The minimum atomic E-state index is 0.388. The molecule has 0 spiro atoms. The summed E-state index contributed by atoms with van der Waals surface area (Å²) in [6, 6.07) is 14.5. The molecule has 1 saturated carbocycles. The predicted octanol–water partition coefficient (Wildman–Crippen LogP) is 4.97. The van der Waals surface area contributed by atoms with E-state index in [1.54, 1.807) is 7.11 Å². The van der Waals surface area contributed by atoms with E-state index in [1.807, 2.05) is 62.3 Å². The lowest BCUT2D eigenvalue weighted by molar-refractivity contribution is 0.336. The molecule has 3 N–H and O–H groups in total.